The minimum atomic E-state index is -1.48. The molecule has 14 heteroatoms. The molecule has 0 aromatic rings. The molecule has 0 aliphatic heterocycles. The van der Waals surface area contributed by atoms with Crippen LogP contribution in [0.15, 0.2) is 0 Å². The molecule has 0 unspecified atom stereocenters. The zero-order valence-corrected chi connectivity index (χ0v) is 18.8. The van der Waals surface area contributed by atoms with Gasteiger partial charge in [0.1, 0.15) is 0 Å². The summed E-state index contributed by atoms with van der Waals surface area (Å²) in [6, 6.07) is 0. The Hall–Kier alpha value is -0.730. The van der Waals surface area contributed by atoms with Crippen molar-refractivity contribution < 1.29 is 109 Å². The van der Waals surface area contributed by atoms with E-state index < -0.39 is 56.0 Å². The van der Waals surface area contributed by atoms with Gasteiger partial charge in [-0.2, -0.15) is 0 Å². The van der Waals surface area contributed by atoms with Gasteiger partial charge < -0.3 is 35.1 Å². The summed E-state index contributed by atoms with van der Waals surface area (Å²) in [5.74, 6) is -6.30. The van der Waals surface area contributed by atoms with Crippen LogP contribution in [0.1, 0.15) is 6.92 Å². The Morgan fingerprint density at radius 2 is 0.923 bits per heavy atom. The van der Waals surface area contributed by atoms with E-state index in [4.69, 9.17) is 25.2 Å². The van der Waals surface area contributed by atoms with Crippen LogP contribution in [-0.4, -0.2) is 94.2 Å². The van der Waals surface area contributed by atoms with Gasteiger partial charge in [-0.3, -0.25) is 24.2 Å². The number of rotatable bonds is 11. The maximum absolute atomic E-state index is 10.5. The maximum atomic E-state index is 10.5. The summed E-state index contributed by atoms with van der Waals surface area (Å²) in [6.45, 7) is -1.53. The molecule has 0 rings (SSSR count). The van der Waals surface area contributed by atoms with Crippen molar-refractivity contribution in [2.24, 2.45) is 0 Å². The van der Waals surface area contributed by atoms with Gasteiger partial charge in [0.25, 0.3) is 0 Å². The number of hydrogen-bond acceptors (Lipinski definition) is 9. The molecule has 0 atom stereocenters. The summed E-state index contributed by atoms with van der Waals surface area (Å²) in [7, 11) is 0. The summed E-state index contributed by atoms with van der Waals surface area (Å²) >= 11 is 0. The molecule has 138 valence electrons. The van der Waals surface area contributed by atoms with Crippen molar-refractivity contribution in [2.45, 2.75) is 6.92 Å². The fraction of sp³-hybridized carbons (Fsp3) is 0.583. The van der Waals surface area contributed by atoms with Crippen LogP contribution in [0.25, 0.3) is 0 Å². The minimum Gasteiger partial charge on any atom is -0.550 e. The molecule has 0 fully saturated rings. The van der Waals surface area contributed by atoms with Gasteiger partial charge in [0, 0.05) is 25.6 Å². The van der Waals surface area contributed by atoms with E-state index in [2.05, 4.69) is 0 Å². The van der Waals surface area contributed by atoms with Crippen molar-refractivity contribution in [3.63, 3.8) is 0 Å². The predicted octanol–water partition coefficient (Wildman–Crippen LogP) is -10.6. The number of carboxylic acid groups (broad SMARTS) is 5. The molecule has 0 saturated carbocycles. The zero-order chi connectivity index (χ0) is 19.3. The van der Waals surface area contributed by atoms with Gasteiger partial charge in [0.15, 0.2) is 0 Å². The quantitative estimate of drug-likeness (QED) is 0.279. The largest absolute Gasteiger partial charge is 1.00 e. The summed E-state index contributed by atoms with van der Waals surface area (Å²) in [6.07, 6.45) is 0. The van der Waals surface area contributed by atoms with E-state index in [0.29, 0.717) is 0 Å². The van der Waals surface area contributed by atoms with Gasteiger partial charge in [-0.15, -0.1) is 0 Å². The number of aliphatic carboxylic acids is 5. The second-order valence-corrected chi connectivity index (χ2v) is 4.47. The SMILES string of the molecule is CC(=O)[O-].O=C([O-])CN(CCN(CC(=O)O)CC(=O)O)CC(=O)O.[Na+].[Na+]. The third-order valence-electron chi connectivity index (χ3n) is 2.16. The molecule has 0 aromatic heterocycles. The van der Waals surface area contributed by atoms with E-state index in [1.54, 1.807) is 0 Å². The summed E-state index contributed by atoms with van der Waals surface area (Å²) in [4.78, 5) is 53.0. The molecule has 0 aliphatic carbocycles. The molecule has 3 N–H and O–H groups in total. The Kier molecular flexibility index (Phi) is 24.1. The predicted molar refractivity (Wildman–Crippen MR) is 71.5 cm³/mol. The average molecular weight is 396 g/mol. The van der Waals surface area contributed by atoms with Gasteiger partial charge in [-0.05, 0) is 6.92 Å². The third kappa shape index (κ3) is 28.1. The van der Waals surface area contributed by atoms with Crippen LogP contribution >= 0.6 is 0 Å². The van der Waals surface area contributed by atoms with Crippen molar-refractivity contribution in [1.29, 1.82) is 0 Å². The van der Waals surface area contributed by atoms with E-state index in [1.807, 2.05) is 0 Å². The average Bonchev–Trinajstić information content (AvgIpc) is 2.32. The van der Waals surface area contributed by atoms with E-state index in [9.17, 15) is 24.3 Å². The molecule has 0 amide bonds. The fourth-order valence-corrected chi connectivity index (χ4v) is 1.47. The molecule has 0 saturated heterocycles. The number of carbonyl (C=O) groups excluding carboxylic acids is 2. The number of hydrogen-bond donors (Lipinski definition) is 3. The fourth-order valence-electron chi connectivity index (χ4n) is 1.47. The van der Waals surface area contributed by atoms with E-state index in [0.717, 1.165) is 16.7 Å². The van der Waals surface area contributed by atoms with Crippen LogP contribution in [0, 0.1) is 0 Å². The van der Waals surface area contributed by atoms with Crippen LogP contribution in [0.2, 0.25) is 0 Å². The van der Waals surface area contributed by atoms with Crippen LogP contribution in [0.4, 0.5) is 0 Å². The first-order valence-electron chi connectivity index (χ1n) is 6.41. The van der Waals surface area contributed by atoms with Crippen molar-refractivity contribution in [3.8, 4) is 0 Å². The summed E-state index contributed by atoms with van der Waals surface area (Å²) in [5, 5.41) is 45.1. The van der Waals surface area contributed by atoms with Crippen molar-refractivity contribution in [1.82, 2.24) is 9.80 Å². The molecule has 0 radical (unpaired) electrons. The Morgan fingerprint density at radius 3 is 1.12 bits per heavy atom. The smallest absolute Gasteiger partial charge is 0.550 e. The van der Waals surface area contributed by atoms with Crippen LogP contribution in [0.3, 0.4) is 0 Å². The van der Waals surface area contributed by atoms with Crippen molar-refractivity contribution in [2.75, 3.05) is 39.3 Å². The van der Waals surface area contributed by atoms with Gasteiger partial charge >= 0.3 is 77.0 Å². The molecule has 12 nitrogen and oxygen atoms in total. The van der Waals surface area contributed by atoms with Gasteiger partial charge in [0.2, 0.25) is 0 Å². The monoisotopic (exact) mass is 396 g/mol. The van der Waals surface area contributed by atoms with E-state index in [-0.39, 0.29) is 72.2 Å². The third-order valence-corrected chi connectivity index (χ3v) is 2.16. The Balaban J connectivity index is -0.000000363. The molecule has 0 aliphatic rings. The van der Waals surface area contributed by atoms with Crippen LogP contribution < -0.4 is 69.3 Å². The number of nitrogens with zero attached hydrogens (tertiary/aromatic N) is 2. The Bertz CT molecular complexity index is 403. The summed E-state index contributed by atoms with van der Waals surface area (Å²) < 4.78 is 0. The second-order valence-electron chi connectivity index (χ2n) is 4.47. The van der Waals surface area contributed by atoms with Crippen LogP contribution in [-0.2, 0) is 24.0 Å². The molecule has 0 heterocycles. The molecule has 0 spiro atoms. The molecular weight excluding hydrogens is 378 g/mol. The van der Waals surface area contributed by atoms with Gasteiger partial charge in [-0.1, -0.05) is 0 Å². The normalized spacial score (nSPS) is 9.19. The first-order chi connectivity index (χ1) is 10.9. The second kappa shape index (κ2) is 19.0. The maximum Gasteiger partial charge on any atom is 1.00 e. The number of carboxylic acids is 5. The van der Waals surface area contributed by atoms with Crippen molar-refractivity contribution in [3.05, 3.63) is 0 Å². The van der Waals surface area contributed by atoms with Crippen molar-refractivity contribution >= 4 is 29.8 Å². The topological polar surface area (TPSA) is 199 Å². The Labute approximate surface area is 193 Å². The minimum absolute atomic E-state index is 0. The molecule has 26 heavy (non-hydrogen) atoms. The van der Waals surface area contributed by atoms with Crippen LogP contribution in [0.5, 0.6) is 0 Å². The zero-order valence-electron chi connectivity index (χ0n) is 14.8. The van der Waals surface area contributed by atoms with E-state index >= 15 is 0 Å². The summed E-state index contributed by atoms with van der Waals surface area (Å²) in [5.41, 5.74) is 0. The van der Waals surface area contributed by atoms with Gasteiger partial charge in [-0.25, -0.2) is 0 Å². The van der Waals surface area contributed by atoms with Gasteiger partial charge in [0.05, 0.1) is 25.6 Å². The molecule has 0 aromatic carbocycles. The number of carbonyl (C=O) groups is 5. The van der Waals surface area contributed by atoms with E-state index in [1.165, 1.54) is 0 Å². The standard InChI is InChI=1S/C10H16N2O8.C2H4O2.2Na/c13-7(14)3-11(4-8(15)16)1-2-12(5-9(17)18)6-10(19)20;1-2(3)4;;/h1-6H2,(H,13,14)(H,15,16)(H,17,18)(H,19,20);1H3,(H,3,4);;/q;;2*+1/p-2. The Morgan fingerprint density at radius 1 is 0.692 bits per heavy atom. The first-order valence-corrected chi connectivity index (χ1v) is 6.41. The first kappa shape index (κ1) is 32.9. The molecule has 0 bridgehead atoms. The molecular formula is C12H18N2Na2O10.